The standard InChI is InChI=1S/C8H18N2O2/c9-5-1-2-6-10-8(12)4-3-7-11/h11H,1-7,9H2,(H,10,12). The van der Waals surface area contributed by atoms with Crippen LogP contribution in [0.15, 0.2) is 0 Å². The molecule has 4 N–H and O–H groups in total. The van der Waals surface area contributed by atoms with Crippen LogP contribution in [0.1, 0.15) is 25.7 Å². The van der Waals surface area contributed by atoms with E-state index in [1.54, 1.807) is 0 Å². The summed E-state index contributed by atoms with van der Waals surface area (Å²) in [6.07, 6.45) is 2.84. The molecule has 0 aromatic heterocycles. The zero-order chi connectivity index (χ0) is 9.23. The van der Waals surface area contributed by atoms with Crippen LogP contribution in [0.2, 0.25) is 0 Å². The molecule has 0 atom stereocenters. The maximum Gasteiger partial charge on any atom is 0.220 e. The van der Waals surface area contributed by atoms with Crippen LogP contribution in [-0.4, -0.2) is 30.7 Å². The van der Waals surface area contributed by atoms with Gasteiger partial charge in [-0.25, -0.2) is 0 Å². The number of amides is 1. The predicted octanol–water partition coefficient (Wildman–Crippen LogP) is -0.386. The zero-order valence-electron chi connectivity index (χ0n) is 7.38. The largest absolute Gasteiger partial charge is 0.396 e. The second-order valence-electron chi connectivity index (χ2n) is 2.67. The van der Waals surface area contributed by atoms with Crippen LogP contribution in [0, 0.1) is 0 Å². The highest BCUT2D eigenvalue weighted by Crippen LogP contribution is 1.88. The first-order valence-electron chi connectivity index (χ1n) is 4.39. The van der Waals surface area contributed by atoms with Crippen molar-refractivity contribution < 1.29 is 9.90 Å². The number of aliphatic hydroxyl groups excluding tert-OH is 1. The lowest BCUT2D eigenvalue weighted by molar-refractivity contribution is -0.121. The molecule has 4 heteroatoms. The van der Waals surface area contributed by atoms with Gasteiger partial charge in [-0.1, -0.05) is 0 Å². The summed E-state index contributed by atoms with van der Waals surface area (Å²) >= 11 is 0. The number of unbranched alkanes of at least 4 members (excludes halogenated alkanes) is 1. The van der Waals surface area contributed by atoms with Gasteiger partial charge in [-0.15, -0.1) is 0 Å². The molecule has 0 fully saturated rings. The second-order valence-corrected chi connectivity index (χ2v) is 2.67. The van der Waals surface area contributed by atoms with Gasteiger partial charge in [0.05, 0.1) is 0 Å². The predicted molar refractivity (Wildman–Crippen MR) is 47.6 cm³/mol. The Bertz CT molecular complexity index is 118. The average Bonchev–Trinajstić information content (AvgIpc) is 2.09. The fourth-order valence-electron chi connectivity index (χ4n) is 0.825. The first kappa shape index (κ1) is 11.4. The third-order valence-corrected chi connectivity index (χ3v) is 1.52. The summed E-state index contributed by atoms with van der Waals surface area (Å²) in [6, 6.07) is 0. The summed E-state index contributed by atoms with van der Waals surface area (Å²) in [6.45, 7) is 1.45. The highest BCUT2D eigenvalue weighted by Gasteiger charge is 1.98. The molecule has 0 unspecified atom stereocenters. The Hall–Kier alpha value is -0.610. The molecule has 0 aromatic rings. The van der Waals surface area contributed by atoms with Crippen LogP contribution >= 0.6 is 0 Å². The maximum atomic E-state index is 10.9. The van der Waals surface area contributed by atoms with Gasteiger partial charge in [-0.2, -0.15) is 0 Å². The van der Waals surface area contributed by atoms with E-state index in [4.69, 9.17) is 10.8 Å². The van der Waals surface area contributed by atoms with Crippen molar-refractivity contribution in [3.8, 4) is 0 Å². The van der Waals surface area contributed by atoms with Crippen LogP contribution in [0.5, 0.6) is 0 Å². The van der Waals surface area contributed by atoms with E-state index in [9.17, 15) is 4.79 Å². The minimum Gasteiger partial charge on any atom is -0.396 e. The first-order chi connectivity index (χ1) is 5.81. The monoisotopic (exact) mass is 174 g/mol. The molecule has 0 saturated carbocycles. The Morgan fingerprint density at radius 1 is 1.33 bits per heavy atom. The quantitative estimate of drug-likeness (QED) is 0.460. The third-order valence-electron chi connectivity index (χ3n) is 1.52. The van der Waals surface area contributed by atoms with Crippen LogP contribution in [0.4, 0.5) is 0 Å². The molecule has 0 aliphatic heterocycles. The lowest BCUT2D eigenvalue weighted by Gasteiger charge is -2.02. The van der Waals surface area contributed by atoms with E-state index < -0.39 is 0 Å². The highest BCUT2D eigenvalue weighted by molar-refractivity contribution is 5.75. The van der Waals surface area contributed by atoms with Crippen LogP contribution in [-0.2, 0) is 4.79 Å². The molecule has 0 aliphatic rings. The van der Waals surface area contributed by atoms with Crippen molar-refractivity contribution in [3.05, 3.63) is 0 Å². The van der Waals surface area contributed by atoms with E-state index in [0.717, 1.165) is 12.8 Å². The molecular weight excluding hydrogens is 156 g/mol. The van der Waals surface area contributed by atoms with Gasteiger partial charge in [0.2, 0.25) is 5.91 Å². The minimum atomic E-state index is 0.0149. The van der Waals surface area contributed by atoms with Crippen molar-refractivity contribution >= 4 is 5.91 Å². The smallest absolute Gasteiger partial charge is 0.220 e. The Morgan fingerprint density at radius 2 is 2.08 bits per heavy atom. The molecule has 1 amide bonds. The summed E-state index contributed by atoms with van der Waals surface area (Å²) in [5.41, 5.74) is 5.28. The van der Waals surface area contributed by atoms with Crippen molar-refractivity contribution in [2.75, 3.05) is 19.7 Å². The van der Waals surface area contributed by atoms with E-state index in [1.807, 2.05) is 0 Å². The fraction of sp³-hybridized carbons (Fsp3) is 0.875. The topological polar surface area (TPSA) is 75.3 Å². The van der Waals surface area contributed by atoms with Crippen molar-refractivity contribution in [1.29, 1.82) is 0 Å². The molecular formula is C8H18N2O2. The summed E-state index contributed by atoms with van der Waals surface area (Å²) in [4.78, 5) is 10.9. The molecule has 0 bridgehead atoms. The second kappa shape index (κ2) is 8.49. The fourth-order valence-corrected chi connectivity index (χ4v) is 0.825. The number of nitrogens with one attached hydrogen (secondary N) is 1. The van der Waals surface area contributed by atoms with Crippen molar-refractivity contribution in [3.63, 3.8) is 0 Å². The normalized spacial score (nSPS) is 9.83. The molecule has 0 heterocycles. The van der Waals surface area contributed by atoms with E-state index in [2.05, 4.69) is 5.32 Å². The number of carbonyl (C=O) groups is 1. The number of carbonyl (C=O) groups excluding carboxylic acids is 1. The van der Waals surface area contributed by atoms with Gasteiger partial charge in [-0.3, -0.25) is 4.79 Å². The molecule has 0 aromatic carbocycles. The van der Waals surface area contributed by atoms with Gasteiger partial charge in [0.25, 0.3) is 0 Å². The molecule has 0 rings (SSSR count). The highest BCUT2D eigenvalue weighted by atomic mass is 16.3. The SMILES string of the molecule is NCCCCNC(=O)CCCO. The Labute approximate surface area is 73.1 Å². The molecule has 0 saturated heterocycles. The number of hydrogen-bond donors (Lipinski definition) is 3. The zero-order valence-corrected chi connectivity index (χ0v) is 7.38. The van der Waals surface area contributed by atoms with Crippen LogP contribution < -0.4 is 11.1 Å². The number of rotatable bonds is 7. The molecule has 4 nitrogen and oxygen atoms in total. The number of nitrogens with two attached hydrogens (primary N) is 1. The lowest BCUT2D eigenvalue weighted by atomic mass is 10.3. The Morgan fingerprint density at radius 3 is 2.67 bits per heavy atom. The van der Waals surface area contributed by atoms with E-state index in [1.165, 1.54) is 0 Å². The number of aliphatic hydroxyl groups is 1. The molecule has 12 heavy (non-hydrogen) atoms. The van der Waals surface area contributed by atoms with E-state index in [0.29, 0.717) is 25.9 Å². The Balaban J connectivity index is 3.08. The summed E-state index contributed by atoms with van der Waals surface area (Å²) in [5.74, 6) is 0.0149. The third kappa shape index (κ3) is 7.50. The van der Waals surface area contributed by atoms with Crippen LogP contribution in [0.25, 0.3) is 0 Å². The van der Waals surface area contributed by atoms with Gasteiger partial charge >= 0.3 is 0 Å². The van der Waals surface area contributed by atoms with Gasteiger partial charge in [0.15, 0.2) is 0 Å². The molecule has 0 spiro atoms. The lowest BCUT2D eigenvalue weighted by Crippen LogP contribution is -2.24. The minimum absolute atomic E-state index is 0.0149. The molecule has 0 radical (unpaired) electrons. The average molecular weight is 174 g/mol. The summed E-state index contributed by atoms with van der Waals surface area (Å²) < 4.78 is 0. The Kier molecular flexibility index (Phi) is 8.05. The van der Waals surface area contributed by atoms with Crippen LogP contribution in [0.3, 0.4) is 0 Å². The maximum absolute atomic E-state index is 10.9. The number of hydrogen-bond acceptors (Lipinski definition) is 3. The summed E-state index contributed by atoms with van der Waals surface area (Å²) in [7, 11) is 0. The van der Waals surface area contributed by atoms with E-state index >= 15 is 0 Å². The van der Waals surface area contributed by atoms with Crippen molar-refractivity contribution in [2.24, 2.45) is 5.73 Å². The summed E-state index contributed by atoms with van der Waals surface area (Å²) in [5, 5.41) is 11.2. The van der Waals surface area contributed by atoms with Gasteiger partial charge in [0, 0.05) is 19.6 Å². The van der Waals surface area contributed by atoms with Crippen molar-refractivity contribution in [2.45, 2.75) is 25.7 Å². The molecule has 0 aliphatic carbocycles. The van der Waals surface area contributed by atoms with E-state index in [-0.39, 0.29) is 12.5 Å². The van der Waals surface area contributed by atoms with Crippen molar-refractivity contribution in [1.82, 2.24) is 5.32 Å². The van der Waals surface area contributed by atoms with Gasteiger partial charge in [0.1, 0.15) is 0 Å². The van der Waals surface area contributed by atoms with Gasteiger partial charge in [-0.05, 0) is 25.8 Å². The van der Waals surface area contributed by atoms with Gasteiger partial charge < -0.3 is 16.2 Å². The molecule has 72 valence electrons. The first-order valence-corrected chi connectivity index (χ1v) is 4.39.